The van der Waals surface area contributed by atoms with Crippen LogP contribution < -0.4 is 14.8 Å². The summed E-state index contributed by atoms with van der Waals surface area (Å²) in [6, 6.07) is 9.13. The molecule has 0 radical (unpaired) electrons. The third kappa shape index (κ3) is 6.34. The Balaban J connectivity index is 1.56. The van der Waals surface area contributed by atoms with Crippen LogP contribution in [-0.2, 0) is 14.8 Å². The number of ether oxygens (including phenoxy) is 1. The van der Waals surface area contributed by atoms with Crippen molar-refractivity contribution in [2.75, 3.05) is 11.9 Å². The Hall–Kier alpha value is -1.32. The fourth-order valence-corrected chi connectivity index (χ4v) is 5.90. The number of hydrogen-bond acceptors (Lipinski definition) is 4. The number of carbonyl (C=O) groups excluding carboxylic acids is 1. The van der Waals surface area contributed by atoms with Gasteiger partial charge >= 0.3 is 0 Å². The van der Waals surface area contributed by atoms with Crippen molar-refractivity contribution >= 4 is 60.7 Å². The van der Waals surface area contributed by atoms with E-state index in [-0.39, 0.29) is 22.6 Å². The fourth-order valence-electron chi connectivity index (χ4n) is 3.23. The lowest BCUT2D eigenvalue weighted by Crippen LogP contribution is -2.36. The first-order chi connectivity index (χ1) is 14.2. The highest BCUT2D eigenvalue weighted by atomic mass is 79.9. The molecule has 2 aromatic carbocycles. The van der Waals surface area contributed by atoms with Crippen molar-refractivity contribution in [2.45, 2.75) is 43.0 Å². The van der Waals surface area contributed by atoms with Crippen LogP contribution in [0.4, 0.5) is 5.69 Å². The average Bonchev–Trinajstić information content (AvgIpc) is 2.68. The van der Waals surface area contributed by atoms with E-state index in [1.54, 1.807) is 18.2 Å². The van der Waals surface area contributed by atoms with Gasteiger partial charge in [-0.1, -0.05) is 42.5 Å². The zero-order valence-corrected chi connectivity index (χ0v) is 19.9. The summed E-state index contributed by atoms with van der Waals surface area (Å²) in [6.45, 7) is -0.275. The van der Waals surface area contributed by atoms with Crippen LogP contribution in [-0.4, -0.2) is 27.0 Å². The molecule has 2 N–H and O–H groups in total. The molecule has 1 aliphatic rings. The highest BCUT2D eigenvalue weighted by Crippen LogP contribution is 2.36. The third-order valence-corrected chi connectivity index (χ3v) is 7.31. The van der Waals surface area contributed by atoms with Crippen LogP contribution in [0.5, 0.6) is 5.75 Å². The van der Waals surface area contributed by atoms with E-state index >= 15 is 0 Å². The monoisotopic (exact) mass is 534 g/mol. The van der Waals surface area contributed by atoms with Gasteiger partial charge in [0.25, 0.3) is 5.91 Å². The number of benzene rings is 2. The average molecular weight is 536 g/mol. The lowest BCUT2D eigenvalue weighted by molar-refractivity contribution is -0.118. The van der Waals surface area contributed by atoms with Crippen molar-refractivity contribution in [2.24, 2.45) is 0 Å². The zero-order valence-electron chi connectivity index (χ0n) is 16.0. The molecular formula is C20H21BrCl2N2O4S. The number of amides is 1. The maximum Gasteiger partial charge on any atom is 0.262 e. The molecule has 0 atom stereocenters. The molecule has 0 bridgehead atoms. The van der Waals surface area contributed by atoms with Crippen LogP contribution >= 0.6 is 39.1 Å². The summed E-state index contributed by atoms with van der Waals surface area (Å²) in [7, 11) is -3.58. The van der Waals surface area contributed by atoms with Crippen LogP contribution in [0.15, 0.2) is 45.8 Å². The largest absolute Gasteiger partial charge is 0.481 e. The Bertz CT molecular complexity index is 987. The van der Waals surface area contributed by atoms with Gasteiger partial charge in [-0.2, -0.15) is 0 Å². The molecule has 1 saturated carbocycles. The van der Waals surface area contributed by atoms with Gasteiger partial charge in [0.05, 0.1) is 14.4 Å². The predicted molar refractivity (Wildman–Crippen MR) is 122 cm³/mol. The number of hydrogen-bond donors (Lipinski definition) is 2. The molecule has 10 heteroatoms. The number of halogens is 3. The maximum absolute atomic E-state index is 12.5. The van der Waals surface area contributed by atoms with E-state index in [1.807, 2.05) is 0 Å². The first kappa shape index (κ1) is 23.3. The Morgan fingerprint density at radius 3 is 2.40 bits per heavy atom. The van der Waals surface area contributed by atoms with Gasteiger partial charge in [0, 0.05) is 16.8 Å². The second kappa shape index (κ2) is 10.3. The summed E-state index contributed by atoms with van der Waals surface area (Å²) in [6.07, 6.45) is 4.95. The van der Waals surface area contributed by atoms with Crippen LogP contribution in [0, 0.1) is 0 Å². The van der Waals surface area contributed by atoms with Crippen molar-refractivity contribution in [1.82, 2.24) is 4.72 Å². The minimum absolute atomic E-state index is 0.0145. The van der Waals surface area contributed by atoms with Crippen molar-refractivity contribution in [3.63, 3.8) is 0 Å². The summed E-state index contributed by atoms with van der Waals surface area (Å²) in [5.74, 6) is -0.102. The van der Waals surface area contributed by atoms with Crippen LogP contribution in [0.3, 0.4) is 0 Å². The van der Waals surface area contributed by atoms with Crippen LogP contribution in [0.2, 0.25) is 10.0 Å². The summed E-state index contributed by atoms with van der Waals surface area (Å²) < 4.78 is 33.8. The van der Waals surface area contributed by atoms with Gasteiger partial charge in [-0.15, -0.1) is 0 Å². The summed E-state index contributed by atoms with van der Waals surface area (Å²) in [4.78, 5) is 12.3. The molecule has 0 unspecified atom stereocenters. The SMILES string of the molecule is O=C(COc1c(Cl)cc(Cl)cc1Br)Nc1ccc(S(=O)(=O)NC2CCCCC2)cc1. The summed E-state index contributed by atoms with van der Waals surface area (Å²) in [5, 5.41) is 3.38. The normalized spacial score (nSPS) is 15.0. The third-order valence-electron chi connectivity index (χ3n) is 4.69. The summed E-state index contributed by atoms with van der Waals surface area (Å²) >= 11 is 15.3. The number of rotatable bonds is 7. The molecule has 1 fully saturated rings. The highest BCUT2D eigenvalue weighted by Gasteiger charge is 2.21. The highest BCUT2D eigenvalue weighted by molar-refractivity contribution is 9.10. The van der Waals surface area contributed by atoms with Crippen molar-refractivity contribution in [3.05, 3.63) is 50.9 Å². The molecule has 0 heterocycles. The lowest BCUT2D eigenvalue weighted by Gasteiger charge is -2.22. The van der Waals surface area contributed by atoms with Crippen molar-refractivity contribution in [1.29, 1.82) is 0 Å². The fraction of sp³-hybridized carbons (Fsp3) is 0.350. The Labute approximate surface area is 194 Å². The minimum Gasteiger partial charge on any atom is -0.481 e. The van der Waals surface area contributed by atoms with Crippen molar-refractivity contribution < 1.29 is 17.9 Å². The van der Waals surface area contributed by atoms with Gasteiger partial charge in [-0.3, -0.25) is 4.79 Å². The Morgan fingerprint density at radius 1 is 1.10 bits per heavy atom. The van der Waals surface area contributed by atoms with E-state index in [2.05, 4.69) is 26.0 Å². The van der Waals surface area contributed by atoms with E-state index in [9.17, 15) is 13.2 Å². The van der Waals surface area contributed by atoms with Gasteiger partial charge < -0.3 is 10.1 Å². The van der Waals surface area contributed by atoms with Gasteiger partial charge in [0.2, 0.25) is 10.0 Å². The molecule has 1 aliphatic carbocycles. The number of anilines is 1. The molecule has 0 saturated heterocycles. The van der Waals surface area contributed by atoms with Crippen LogP contribution in [0.25, 0.3) is 0 Å². The van der Waals surface area contributed by atoms with Crippen molar-refractivity contribution in [3.8, 4) is 5.75 Å². The van der Waals surface area contributed by atoms with Gasteiger partial charge in [0.15, 0.2) is 12.4 Å². The number of sulfonamides is 1. The lowest BCUT2D eigenvalue weighted by atomic mass is 9.96. The van der Waals surface area contributed by atoms with E-state index in [0.717, 1.165) is 32.1 Å². The topological polar surface area (TPSA) is 84.5 Å². The van der Waals surface area contributed by atoms with E-state index in [4.69, 9.17) is 27.9 Å². The van der Waals surface area contributed by atoms with E-state index in [0.29, 0.717) is 20.9 Å². The molecule has 2 aromatic rings. The maximum atomic E-state index is 12.5. The predicted octanol–water partition coefficient (Wildman–Crippen LogP) is 5.38. The molecule has 6 nitrogen and oxygen atoms in total. The minimum atomic E-state index is -3.58. The van der Waals surface area contributed by atoms with E-state index in [1.165, 1.54) is 18.2 Å². The number of nitrogens with one attached hydrogen (secondary N) is 2. The van der Waals surface area contributed by atoms with Gasteiger partial charge in [-0.25, -0.2) is 13.1 Å². The standard InChI is InChI=1S/C20H21BrCl2N2O4S/c21-17-10-13(22)11-18(23)20(17)29-12-19(26)24-14-6-8-16(9-7-14)30(27,28)25-15-4-2-1-3-5-15/h6-11,15,25H,1-5,12H2,(H,24,26). The molecule has 30 heavy (non-hydrogen) atoms. The molecule has 0 aromatic heterocycles. The van der Waals surface area contributed by atoms with E-state index < -0.39 is 15.9 Å². The quantitative estimate of drug-likeness (QED) is 0.498. The molecule has 3 rings (SSSR count). The molecule has 0 aliphatic heterocycles. The van der Waals surface area contributed by atoms with Crippen LogP contribution in [0.1, 0.15) is 32.1 Å². The first-order valence-electron chi connectivity index (χ1n) is 9.44. The molecule has 1 amide bonds. The van der Waals surface area contributed by atoms with Gasteiger partial charge in [0.1, 0.15) is 0 Å². The smallest absolute Gasteiger partial charge is 0.262 e. The summed E-state index contributed by atoms with van der Waals surface area (Å²) in [5.41, 5.74) is 0.460. The second-order valence-corrected chi connectivity index (χ2v) is 10.4. The van der Waals surface area contributed by atoms with Gasteiger partial charge in [-0.05, 0) is 65.2 Å². The zero-order chi connectivity index (χ0) is 21.7. The number of carbonyl (C=O) groups is 1. The molecule has 162 valence electrons. The molecule has 0 spiro atoms. The Kier molecular flexibility index (Phi) is 8.04. The molecular weight excluding hydrogens is 515 g/mol. The first-order valence-corrected chi connectivity index (χ1v) is 12.5. The Morgan fingerprint density at radius 2 is 1.77 bits per heavy atom. The second-order valence-electron chi connectivity index (χ2n) is 7.02.